The van der Waals surface area contributed by atoms with E-state index in [4.69, 9.17) is 11.6 Å². The minimum Gasteiger partial charge on any atom is -0.394 e. The molecule has 3 aromatic heterocycles. The van der Waals surface area contributed by atoms with Crippen molar-refractivity contribution in [3.8, 4) is 11.3 Å². The number of halogens is 2. The second kappa shape index (κ2) is 9.51. The van der Waals surface area contributed by atoms with Crippen molar-refractivity contribution in [3.63, 3.8) is 0 Å². The van der Waals surface area contributed by atoms with Crippen LogP contribution in [0.1, 0.15) is 24.2 Å². The Morgan fingerprint density at radius 2 is 2.06 bits per heavy atom. The number of hydrogen-bond donors (Lipinski definition) is 2. The van der Waals surface area contributed by atoms with Crippen molar-refractivity contribution in [2.24, 2.45) is 7.05 Å². The molecule has 0 aliphatic heterocycles. The Labute approximate surface area is 194 Å². The molecule has 0 spiro atoms. The number of benzene rings is 1. The molecule has 33 heavy (non-hydrogen) atoms. The van der Waals surface area contributed by atoms with Crippen LogP contribution in [0, 0.1) is 5.82 Å². The summed E-state index contributed by atoms with van der Waals surface area (Å²) in [5.41, 5.74) is 2.91. The number of nitrogens with zero attached hydrogens (tertiary/aromatic N) is 5. The summed E-state index contributed by atoms with van der Waals surface area (Å²) in [5, 5.41) is 17.4. The molecule has 0 bridgehead atoms. The van der Waals surface area contributed by atoms with Gasteiger partial charge in [-0.2, -0.15) is 5.10 Å². The highest BCUT2D eigenvalue weighted by atomic mass is 35.5. The highest BCUT2D eigenvalue weighted by Crippen LogP contribution is 2.24. The standard InChI is InChI=1S/C23H22ClFN6O2/c1-3-18-20(12-30(2)29-18)28-23-26-8-6-19(27-23)14-7-9-31(22(33)11-14)21(13-32)15-4-5-16(24)17(25)10-15/h4-12,21,32H,3,13H2,1-2H3,(H,26,27,28)/t21-/m1/s1. The van der Waals surface area contributed by atoms with Crippen molar-refractivity contribution < 1.29 is 9.50 Å². The van der Waals surface area contributed by atoms with Gasteiger partial charge in [-0.15, -0.1) is 0 Å². The lowest BCUT2D eigenvalue weighted by Gasteiger charge is -2.18. The quantitative estimate of drug-likeness (QED) is 0.429. The molecular formula is C23H22ClFN6O2. The van der Waals surface area contributed by atoms with Crippen LogP contribution in [0.2, 0.25) is 5.02 Å². The number of nitrogens with one attached hydrogen (secondary N) is 1. The minimum atomic E-state index is -0.751. The van der Waals surface area contributed by atoms with E-state index in [9.17, 15) is 14.3 Å². The van der Waals surface area contributed by atoms with E-state index in [1.54, 1.807) is 35.3 Å². The smallest absolute Gasteiger partial charge is 0.251 e. The lowest BCUT2D eigenvalue weighted by Crippen LogP contribution is -2.27. The molecule has 0 amide bonds. The van der Waals surface area contributed by atoms with Gasteiger partial charge in [0.2, 0.25) is 5.95 Å². The molecule has 1 aromatic carbocycles. The summed E-state index contributed by atoms with van der Waals surface area (Å²) in [6, 6.07) is 8.28. The van der Waals surface area contributed by atoms with E-state index >= 15 is 0 Å². The van der Waals surface area contributed by atoms with E-state index in [0.29, 0.717) is 22.8 Å². The molecule has 0 unspecified atom stereocenters. The molecule has 0 radical (unpaired) electrons. The van der Waals surface area contributed by atoms with Gasteiger partial charge in [0.25, 0.3) is 5.56 Å². The Morgan fingerprint density at radius 3 is 2.76 bits per heavy atom. The monoisotopic (exact) mass is 468 g/mol. The minimum absolute atomic E-state index is 0.0244. The van der Waals surface area contributed by atoms with Gasteiger partial charge in [0.15, 0.2) is 0 Å². The molecule has 0 aliphatic carbocycles. The fraction of sp³-hybridized carbons (Fsp3) is 0.217. The van der Waals surface area contributed by atoms with E-state index in [0.717, 1.165) is 17.8 Å². The summed E-state index contributed by atoms with van der Waals surface area (Å²) in [6.45, 7) is 1.63. The van der Waals surface area contributed by atoms with Crippen LogP contribution in [0.25, 0.3) is 11.3 Å². The van der Waals surface area contributed by atoms with E-state index in [2.05, 4.69) is 20.4 Å². The largest absolute Gasteiger partial charge is 0.394 e. The average molecular weight is 469 g/mol. The van der Waals surface area contributed by atoms with Gasteiger partial charge in [-0.05, 0) is 36.2 Å². The summed E-state index contributed by atoms with van der Waals surface area (Å²) >= 11 is 5.75. The second-order valence-corrected chi connectivity index (χ2v) is 7.85. The van der Waals surface area contributed by atoms with Crippen LogP contribution in [0.15, 0.2) is 59.8 Å². The van der Waals surface area contributed by atoms with Crippen LogP contribution < -0.4 is 10.9 Å². The summed E-state index contributed by atoms with van der Waals surface area (Å²) in [4.78, 5) is 21.6. The third-order valence-electron chi connectivity index (χ3n) is 5.22. The zero-order valence-electron chi connectivity index (χ0n) is 18.0. The zero-order chi connectivity index (χ0) is 23.5. The molecule has 1 atom stereocenters. The number of rotatable bonds is 7. The fourth-order valence-electron chi connectivity index (χ4n) is 3.58. The number of aliphatic hydroxyl groups excluding tert-OH is 1. The predicted molar refractivity (Wildman–Crippen MR) is 124 cm³/mol. The van der Waals surface area contributed by atoms with Gasteiger partial charge in [-0.3, -0.25) is 9.48 Å². The molecule has 4 rings (SSSR count). The summed E-state index contributed by atoms with van der Waals surface area (Å²) in [6.07, 6.45) is 5.76. The molecule has 8 nitrogen and oxygen atoms in total. The first-order chi connectivity index (χ1) is 15.9. The van der Waals surface area contributed by atoms with Gasteiger partial charge in [0.05, 0.1) is 34.7 Å². The first kappa shape index (κ1) is 22.6. The molecule has 170 valence electrons. The van der Waals surface area contributed by atoms with E-state index < -0.39 is 11.9 Å². The van der Waals surface area contributed by atoms with Crippen LogP contribution in [0.5, 0.6) is 0 Å². The first-order valence-corrected chi connectivity index (χ1v) is 10.7. The van der Waals surface area contributed by atoms with Gasteiger partial charge in [0.1, 0.15) is 5.82 Å². The highest BCUT2D eigenvalue weighted by Gasteiger charge is 2.17. The first-order valence-electron chi connectivity index (χ1n) is 10.3. The van der Waals surface area contributed by atoms with Crippen molar-refractivity contribution >= 4 is 23.2 Å². The third-order valence-corrected chi connectivity index (χ3v) is 5.53. The van der Waals surface area contributed by atoms with Crippen molar-refractivity contribution in [2.45, 2.75) is 19.4 Å². The lowest BCUT2D eigenvalue weighted by atomic mass is 10.1. The highest BCUT2D eigenvalue weighted by molar-refractivity contribution is 6.30. The summed E-state index contributed by atoms with van der Waals surface area (Å²) in [5.74, 6) is -0.234. The van der Waals surface area contributed by atoms with Gasteiger partial charge < -0.3 is 15.0 Å². The molecule has 10 heteroatoms. The maximum atomic E-state index is 13.9. The maximum absolute atomic E-state index is 13.9. The van der Waals surface area contributed by atoms with Gasteiger partial charge >= 0.3 is 0 Å². The van der Waals surface area contributed by atoms with Gasteiger partial charge in [-0.1, -0.05) is 24.6 Å². The lowest BCUT2D eigenvalue weighted by molar-refractivity contribution is 0.247. The summed E-state index contributed by atoms with van der Waals surface area (Å²) < 4.78 is 17.0. The SMILES string of the molecule is CCc1nn(C)cc1Nc1nccc(-c2ccn([C@H](CO)c3ccc(Cl)c(F)c3)c(=O)c2)n1. The number of hydrogen-bond acceptors (Lipinski definition) is 6. The van der Waals surface area contributed by atoms with Crippen LogP contribution >= 0.6 is 11.6 Å². The maximum Gasteiger partial charge on any atom is 0.251 e. The number of anilines is 2. The van der Waals surface area contributed by atoms with E-state index in [-0.39, 0.29) is 17.2 Å². The van der Waals surface area contributed by atoms with E-state index in [1.165, 1.54) is 22.8 Å². The predicted octanol–water partition coefficient (Wildman–Crippen LogP) is 3.72. The number of pyridine rings is 1. The molecule has 0 saturated carbocycles. The van der Waals surface area contributed by atoms with Crippen LogP contribution in [-0.4, -0.2) is 36.0 Å². The Balaban J connectivity index is 1.63. The van der Waals surface area contributed by atoms with Crippen LogP contribution in [0.4, 0.5) is 16.0 Å². The molecule has 0 aliphatic rings. The summed E-state index contributed by atoms with van der Waals surface area (Å²) in [7, 11) is 1.84. The van der Waals surface area contributed by atoms with Gasteiger partial charge in [0, 0.05) is 37.3 Å². The van der Waals surface area contributed by atoms with E-state index in [1.807, 2.05) is 20.2 Å². The molecule has 2 N–H and O–H groups in total. The van der Waals surface area contributed by atoms with Crippen molar-refractivity contribution in [3.05, 3.63) is 87.4 Å². The Morgan fingerprint density at radius 1 is 1.24 bits per heavy atom. The molecule has 0 fully saturated rings. The van der Waals surface area contributed by atoms with Gasteiger partial charge in [-0.25, -0.2) is 14.4 Å². The third kappa shape index (κ3) is 4.79. The average Bonchev–Trinajstić information content (AvgIpc) is 3.16. The number of aliphatic hydroxyl groups is 1. The normalized spacial score (nSPS) is 12.0. The topological polar surface area (TPSA) is 97.9 Å². The number of aromatic nitrogens is 5. The second-order valence-electron chi connectivity index (χ2n) is 7.44. The Hall–Kier alpha value is -3.56. The van der Waals surface area contributed by atoms with Crippen molar-refractivity contribution in [2.75, 3.05) is 11.9 Å². The van der Waals surface area contributed by atoms with Crippen LogP contribution in [0.3, 0.4) is 0 Å². The van der Waals surface area contributed by atoms with Crippen molar-refractivity contribution in [1.82, 2.24) is 24.3 Å². The molecule has 0 saturated heterocycles. The fourth-order valence-corrected chi connectivity index (χ4v) is 3.70. The number of aryl methyl sites for hydroxylation is 2. The van der Waals surface area contributed by atoms with Crippen molar-refractivity contribution in [1.29, 1.82) is 0 Å². The molecule has 3 heterocycles. The molecule has 4 aromatic rings. The van der Waals surface area contributed by atoms with Crippen LogP contribution in [-0.2, 0) is 13.5 Å². The Kier molecular flexibility index (Phi) is 6.52. The molecular weight excluding hydrogens is 447 g/mol. The zero-order valence-corrected chi connectivity index (χ0v) is 18.8. The Bertz CT molecular complexity index is 1350.